The minimum atomic E-state index is 0. The second-order valence-corrected chi connectivity index (χ2v) is 0.471. The van der Waals surface area contributed by atoms with Gasteiger partial charge in [0.1, 0.15) is 0 Å². The van der Waals surface area contributed by atoms with Crippen LogP contribution in [0.1, 0.15) is 0 Å². The summed E-state index contributed by atoms with van der Waals surface area (Å²) >= 11 is 0. The minimum Gasteiger partial charge on any atom is -0.147 e. The molecule has 0 aromatic carbocycles. The van der Waals surface area contributed by atoms with Gasteiger partial charge in [-0.2, -0.15) is 0 Å². The van der Waals surface area contributed by atoms with E-state index in [0.717, 1.165) is 0 Å². The van der Waals surface area contributed by atoms with Gasteiger partial charge < -0.3 is 0 Å². The fourth-order valence-electron chi connectivity index (χ4n) is 0. The summed E-state index contributed by atoms with van der Waals surface area (Å²) < 4.78 is 0. The SMILES string of the molecule is C=CC=C.Cl.Cl. The first kappa shape index (κ1) is 16.6. The molecule has 0 saturated heterocycles. The van der Waals surface area contributed by atoms with Gasteiger partial charge in [0.25, 0.3) is 0 Å². The lowest BCUT2D eigenvalue weighted by Gasteiger charge is -1.44. The maximum atomic E-state index is 3.36. The molecule has 0 radical (unpaired) electrons. The summed E-state index contributed by atoms with van der Waals surface area (Å²) in [5.74, 6) is 0. The van der Waals surface area contributed by atoms with E-state index in [-0.39, 0.29) is 24.8 Å². The molecule has 0 N–H and O–H groups in total. The molecule has 0 fully saturated rings. The molecule has 0 aliphatic heterocycles. The molecule has 38 valence electrons. The Labute approximate surface area is 50.8 Å². The van der Waals surface area contributed by atoms with Gasteiger partial charge in [-0.3, -0.25) is 0 Å². The molecule has 0 aromatic rings. The summed E-state index contributed by atoms with van der Waals surface area (Å²) in [5.41, 5.74) is 0. The van der Waals surface area contributed by atoms with E-state index in [0.29, 0.717) is 0 Å². The zero-order valence-corrected chi connectivity index (χ0v) is 5.02. The third kappa shape index (κ3) is 33.8. The van der Waals surface area contributed by atoms with Gasteiger partial charge in [-0.05, 0) is 0 Å². The van der Waals surface area contributed by atoms with Crippen molar-refractivity contribution in [3.05, 3.63) is 25.3 Å². The number of hydrogen-bond acceptors (Lipinski definition) is 0. The van der Waals surface area contributed by atoms with E-state index < -0.39 is 0 Å². The van der Waals surface area contributed by atoms with E-state index in [1.807, 2.05) is 0 Å². The van der Waals surface area contributed by atoms with Crippen LogP contribution in [0.2, 0.25) is 0 Å². The molecule has 6 heavy (non-hydrogen) atoms. The van der Waals surface area contributed by atoms with Gasteiger partial charge in [-0.1, -0.05) is 25.3 Å². The van der Waals surface area contributed by atoms with Crippen LogP contribution in [0.25, 0.3) is 0 Å². The fraction of sp³-hybridized carbons (Fsp3) is 0. The topological polar surface area (TPSA) is 0 Å². The summed E-state index contributed by atoms with van der Waals surface area (Å²) in [6.45, 7) is 6.72. The number of hydrogen-bond donors (Lipinski definition) is 0. The Bertz CT molecular complexity index is 26.5. The fourth-order valence-corrected chi connectivity index (χ4v) is 0. The second-order valence-electron chi connectivity index (χ2n) is 0.471. The highest BCUT2D eigenvalue weighted by Crippen LogP contribution is 1.52. The molecule has 2 heteroatoms. The van der Waals surface area contributed by atoms with E-state index in [2.05, 4.69) is 13.2 Å². The van der Waals surface area contributed by atoms with Crippen molar-refractivity contribution in [2.45, 2.75) is 0 Å². The molecule has 0 rings (SSSR count). The van der Waals surface area contributed by atoms with E-state index in [1.165, 1.54) is 0 Å². The average Bonchev–Trinajstić information content (AvgIpc) is 1.37. The summed E-state index contributed by atoms with van der Waals surface area (Å²) in [6, 6.07) is 0. The largest absolute Gasteiger partial charge is 0.147 e. The van der Waals surface area contributed by atoms with Crippen molar-refractivity contribution in [2.24, 2.45) is 0 Å². The highest BCUT2D eigenvalue weighted by molar-refractivity contribution is 5.85. The van der Waals surface area contributed by atoms with E-state index >= 15 is 0 Å². The predicted octanol–water partition coefficient (Wildman–Crippen LogP) is 2.20. The van der Waals surface area contributed by atoms with Crippen molar-refractivity contribution < 1.29 is 0 Å². The zero-order chi connectivity index (χ0) is 3.41. The van der Waals surface area contributed by atoms with Crippen molar-refractivity contribution in [3.63, 3.8) is 0 Å². The Hall–Kier alpha value is 0.0600. The van der Waals surface area contributed by atoms with Gasteiger partial charge in [-0.25, -0.2) is 0 Å². The van der Waals surface area contributed by atoms with E-state index in [1.54, 1.807) is 12.2 Å². The van der Waals surface area contributed by atoms with Gasteiger partial charge in [0.2, 0.25) is 0 Å². The van der Waals surface area contributed by atoms with Crippen molar-refractivity contribution >= 4 is 24.8 Å². The number of rotatable bonds is 1. The third-order valence-corrected chi connectivity index (χ3v) is 0.167. The van der Waals surface area contributed by atoms with E-state index in [4.69, 9.17) is 0 Å². The van der Waals surface area contributed by atoms with Crippen LogP contribution < -0.4 is 0 Å². The Balaban J connectivity index is -0.0000000450. The lowest BCUT2D eigenvalue weighted by molar-refractivity contribution is 2.15. The Morgan fingerprint density at radius 1 is 0.833 bits per heavy atom. The second kappa shape index (κ2) is 19.7. The normalized spacial score (nSPS) is 3.33. The van der Waals surface area contributed by atoms with Crippen LogP contribution in [0.3, 0.4) is 0 Å². The molecule has 0 atom stereocenters. The molecule has 0 saturated carbocycles. The van der Waals surface area contributed by atoms with Gasteiger partial charge in [-0.15, -0.1) is 24.8 Å². The molecular formula is C4H8Cl2. The van der Waals surface area contributed by atoms with E-state index in [9.17, 15) is 0 Å². The lowest BCUT2D eigenvalue weighted by atomic mass is 10.6. The van der Waals surface area contributed by atoms with Gasteiger partial charge in [0.15, 0.2) is 0 Å². The van der Waals surface area contributed by atoms with Gasteiger partial charge in [0, 0.05) is 0 Å². The number of allylic oxidation sites excluding steroid dienone is 2. The first-order valence-electron chi connectivity index (χ1n) is 1.15. The first-order valence-corrected chi connectivity index (χ1v) is 1.15. The Morgan fingerprint density at radius 3 is 1.00 bits per heavy atom. The molecular weight excluding hydrogens is 119 g/mol. The molecule has 0 amide bonds. The molecule has 0 spiro atoms. The summed E-state index contributed by atoms with van der Waals surface area (Å²) in [4.78, 5) is 0. The summed E-state index contributed by atoms with van der Waals surface area (Å²) in [5, 5.41) is 0. The van der Waals surface area contributed by atoms with Crippen molar-refractivity contribution in [3.8, 4) is 0 Å². The molecule has 0 heterocycles. The standard InChI is InChI=1S/C4H6.2ClH/c1-3-4-2;;/h3-4H,1-2H2;2*1H. The highest BCUT2D eigenvalue weighted by atomic mass is 35.5. The van der Waals surface area contributed by atoms with Crippen LogP contribution in [0.4, 0.5) is 0 Å². The first-order chi connectivity index (χ1) is 1.91. The van der Waals surface area contributed by atoms with Crippen LogP contribution in [-0.2, 0) is 0 Å². The maximum absolute atomic E-state index is 3.36. The van der Waals surface area contributed by atoms with Crippen LogP contribution in [0, 0.1) is 0 Å². The van der Waals surface area contributed by atoms with Gasteiger partial charge in [0.05, 0.1) is 0 Å². The molecule has 0 bridgehead atoms. The van der Waals surface area contributed by atoms with Crippen LogP contribution in [0.5, 0.6) is 0 Å². The summed E-state index contributed by atoms with van der Waals surface area (Å²) in [7, 11) is 0. The Kier molecular flexibility index (Phi) is 54.3. The quantitative estimate of drug-likeness (QED) is 0.473. The smallest absolute Gasteiger partial charge is 0.0701 e. The zero-order valence-electron chi connectivity index (χ0n) is 3.39. The van der Waals surface area contributed by atoms with Crippen molar-refractivity contribution in [1.29, 1.82) is 0 Å². The number of halogens is 2. The van der Waals surface area contributed by atoms with Crippen molar-refractivity contribution in [2.75, 3.05) is 0 Å². The minimum absolute atomic E-state index is 0. The summed E-state index contributed by atoms with van der Waals surface area (Å²) in [6.07, 6.45) is 3.28. The monoisotopic (exact) mass is 126 g/mol. The lowest BCUT2D eigenvalue weighted by Crippen LogP contribution is -1.21. The van der Waals surface area contributed by atoms with Crippen LogP contribution in [-0.4, -0.2) is 0 Å². The third-order valence-electron chi connectivity index (χ3n) is 0.167. The molecule has 0 unspecified atom stereocenters. The Morgan fingerprint density at radius 2 is 1.00 bits per heavy atom. The molecule has 0 nitrogen and oxygen atoms in total. The van der Waals surface area contributed by atoms with Gasteiger partial charge >= 0.3 is 0 Å². The average molecular weight is 127 g/mol. The molecule has 0 aliphatic carbocycles. The van der Waals surface area contributed by atoms with Crippen LogP contribution in [0.15, 0.2) is 25.3 Å². The predicted molar refractivity (Wildman–Crippen MR) is 34.9 cm³/mol. The maximum Gasteiger partial charge on any atom is -0.0701 e. The van der Waals surface area contributed by atoms with Crippen molar-refractivity contribution in [1.82, 2.24) is 0 Å². The highest BCUT2D eigenvalue weighted by Gasteiger charge is 1.29. The molecule has 0 aromatic heterocycles. The molecule has 0 aliphatic rings. The van der Waals surface area contributed by atoms with Crippen LogP contribution >= 0.6 is 24.8 Å².